The van der Waals surface area contributed by atoms with E-state index in [-0.39, 0.29) is 11.9 Å². The standard InChI is InChI=1S/C18H20N2O/c1-15-14-19(17-10-6-3-7-11-17)12-13-20(15)18(21)16-8-4-2-5-9-16/h2-11,15H,12-14H2,1H3. The van der Waals surface area contributed by atoms with Crippen molar-refractivity contribution in [3.05, 3.63) is 66.2 Å². The first-order valence-corrected chi connectivity index (χ1v) is 7.42. The number of amides is 1. The fraction of sp³-hybridized carbons (Fsp3) is 0.278. The van der Waals surface area contributed by atoms with E-state index in [1.165, 1.54) is 5.69 Å². The van der Waals surface area contributed by atoms with E-state index in [0.717, 1.165) is 25.2 Å². The summed E-state index contributed by atoms with van der Waals surface area (Å²) in [6, 6.07) is 20.2. The Morgan fingerprint density at radius 3 is 2.19 bits per heavy atom. The fourth-order valence-electron chi connectivity index (χ4n) is 2.88. The molecule has 3 nitrogen and oxygen atoms in total. The van der Waals surface area contributed by atoms with Crippen LogP contribution in [0, 0.1) is 0 Å². The predicted octanol–water partition coefficient (Wildman–Crippen LogP) is 3.04. The molecule has 108 valence electrons. The second-order valence-corrected chi connectivity index (χ2v) is 5.50. The van der Waals surface area contributed by atoms with Crippen LogP contribution in [-0.4, -0.2) is 36.5 Å². The van der Waals surface area contributed by atoms with Gasteiger partial charge in [0.05, 0.1) is 0 Å². The molecule has 0 saturated carbocycles. The molecule has 0 spiro atoms. The van der Waals surface area contributed by atoms with Crippen LogP contribution in [-0.2, 0) is 0 Å². The van der Waals surface area contributed by atoms with Crippen molar-refractivity contribution < 1.29 is 4.79 Å². The minimum Gasteiger partial charge on any atom is -0.368 e. The largest absolute Gasteiger partial charge is 0.368 e. The van der Waals surface area contributed by atoms with Gasteiger partial charge in [-0.05, 0) is 31.2 Å². The SMILES string of the molecule is CC1CN(c2ccccc2)CCN1C(=O)c1ccccc1. The Bertz CT molecular complexity index is 597. The second kappa shape index (κ2) is 6.00. The lowest BCUT2D eigenvalue weighted by molar-refractivity contribution is 0.0674. The molecule has 1 heterocycles. The number of rotatable bonds is 2. The molecule has 0 radical (unpaired) electrons. The van der Waals surface area contributed by atoms with Gasteiger partial charge in [-0.15, -0.1) is 0 Å². The third-order valence-corrected chi connectivity index (χ3v) is 4.03. The van der Waals surface area contributed by atoms with Gasteiger partial charge >= 0.3 is 0 Å². The number of benzene rings is 2. The van der Waals surface area contributed by atoms with Gasteiger partial charge in [0.15, 0.2) is 0 Å². The number of carbonyl (C=O) groups is 1. The van der Waals surface area contributed by atoms with Crippen molar-refractivity contribution in [1.82, 2.24) is 4.90 Å². The van der Waals surface area contributed by atoms with E-state index < -0.39 is 0 Å². The normalized spacial score (nSPS) is 18.6. The fourth-order valence-corrected chi connectivity index (χ4v) is 2.88. The van der Waals surface area contributed by atoms with Crippen LogP contribution in [0.2, 0.25) is 0 Å². The van der Waals surface area contributed by atoms with Gasteiger partial charge in [0.1, 0.15) is 0 Å². The van der Waals surface area contributed by atoms with Gasteiger partial charge in [-0.2, -0.15) is 0 Å². The highest BCUT2D eigenvalue weighted by molar-refractivity contribution is 5.94. The molecule has 3 rings (SSSR count). The molecule has 3 heteroatoms. The van der Waals surface area contributed by atoms with Gasteiger partial charge in [-0.25, -0.2) is 0 Å². The van der Waals surface area contributed by atoms with Gasteiger partial charge in [0.2, 0.25) is 0 Å². The van der Waals surface area contributed by atoms with E-state index in [4.69, 9.17) is 0 Å². The summed E-state index contributed by atoms with van der Waals surface area (Å²) < 4.78 is 0. The van der Waals surface area contributed by atoms with Crippen LogP contribution in [0.3, 0.4) is 0 Å². The molecular weight excluding hydrogens is 260 g/mol. The minimum atomic E-state index is 0.135. The highest BCUT2D eigenvalue weighted by Crippen LogP contribution is 2.20. The van der Waals surface area contributed by atoms with Crippen LogP contribution >= 0.6 is 0 Å². The zero-order chi connectivity index (χ0) is 14.7. The van der Waals surface area contributed by atoms with Crippen molar-refractivity contribution in [2.75, 3.05) is 24.5 Å². The molecule has 1 aliphatic rings. The molecule has 1 amide bonds. The van der Waals surface area contributed by atoms with Crippen LogP contribution in [0.4, 0.5) is 5.69 Å². The first-order chi connectivity index (χ1) is 10.3. The molecule has 1 aliphatic heterocycles. The summed E-state index contributed by atoms with van der Waals surface area (Å²) >= 11 is 0. The van der Waals surface area contributed by atoms with Crippen molar-refractivity contribution in [1.29, 1.82) is 0 Å². The number of hydrogen-bond acceptors (Lipinski definition) is 2. The van der Waals surface area contributed by atoms with Crippen molar-refractivity contribution in [3.8, 4) is 0 Å². The van der Waals surface area contributed by atoms with Crippen molar-refractivity contribution >= 4 is 11.6 Å². The number of para-hydroxylation sites is 1. The molecule has 0 aliphatic carbocycles. The molecule has 1 unspecified atom stereocenters. The maximum atomic E-state index is 12.6. The Kier molecular flexibility index (Phi) is 3.91. The van der Waals surface area contributed by atoms with E-state index in [9.17, 15) is 4.79 Å². The average Bonchev–Trinajstić information content (AvgIpc) is 2.56. The minimum absolute atomic E-state index is 0.135. The number of nitrogens with zero attached hydrogens (tertiary/aromatic N) is 2. The lowest BCUT2D eigenvalue weighted by atomic mass is 10.1. The zero-order valence-corrected chi connectivity index (χ0v) is 12.3. The highest BCUT2D eigenvalue weighted by Gasteiger charge is 2.27. The van der Waals surface area contributed by atoms with Crippen LogP contribution in [0.15, 0.2) is 60.7 Å². The van der Waals surface area contributed by atoms with Crippen molar-refractivity contribution in [2.45, 2.75) is 13.0 Å². The number of piperazine rings is 1. The Balaban J connectivity index is 1.70. The first kappa shape index (κ1) is 13.7. The Hall–Kier alpha value is -2.29. The quantitative estimate of drug-likeness (QED) is 0.844. The number of anilines is 1. The third-order valence-electron chi connectivity index (χ3n) is 4.03. The summed E-state index contributed by atoms with van der Waals surface area (Å²) in [6.07, 6.45) is 0. The smallest absolute Gasteiger partial charge is 0.254 e. The van der Waals surface area contributed by atoms with Crippen LogP contribution < -0.4 is 4.90 Å². The second-order valence-electron chi connectivity index (χ2n) is 5.50. The van der Waals surface area contributed by atoms with Crippen LogP contribution in [0.5, 0.6) is 0 Å². The molecule has 1 atom stereocenters. The predicted molar refractivity (Wildman–Crippen MR) is 85.6 cm³/mol. The van der Waals surface area contributed by atoms with Crippen LogP contribution in [0.25, 0.3) is 0 Å². The lowest BCUT2D eigenvalue weighted by Gasteiger charge is -2.41. The van der Waals surface area contributed by atoms with E-state index in [2.05, 4.69) is 36.1 Å². The van der Waals surface area contributed by atoms with Gasteiger partial charge in [0.25, 0.3) is 5.91 Å². The molecular formula is C18H20N2O. The maximum Gasteiger partial charge on any atom is 0.254 e. The summed E-state index contributed by atoms with van der Waals surface area (Å²) in [5.41, 5.74) is 2.01. The van der Waals surface area contributed by atoms with E-state index >= 15 is 0 Å². The molecule has 21 heavy (non-hydrogen) atoms. The molecule has 1 saturated heterocycles. The molecule has 0 aromatic heterocycles. The molecule has 2 aromatic rings. The monoisotopic (exact) mass is 280 g/mol. The average molecular weight is 280 g/mol. The van der Waals surface area contributed by atoms with Crippen molar-refractivity contribution in [2.24, 2.45) is 0 Å². The number of carbonyl (C=O) groups excluding carboxylic acids is 1. The third kappa shape index (κ3) is 2.92. The topological polar surface area (TPSA) is 23.6 Å². The molecule has 2 aromatic carbocycles. The van der Waals surface area contributed by atoms with Gasteiger partial charge < -0.3 is 9.80 Å². The van der Waals surface area contributed by atoms with Gasteiger partial charge in [-0.3, -0.25) is 4.79 Å². The molecule has 0 N–H and O–H groups in total. The number of hydrogen-bond donors (Lipinski definition) is 0. The Morgan fingerprint density at radius 1 is 0.952 bits per heavy atom. The highest BCUT2D eigenvalue weighted by atomic mass is 16.2. The summed E-state index contributed by atoms with van der Waals surface area (Å²) in [5, 5.41) is 0. The summed E-state index contributed by atoms with van der Waals surface area (Å²) in [6.45, 7) is 4.65. The first-order valence-electron chi connectivity index (χ1n) is 7.42. The summed E-state index contributed by atoms with van der Waals surface area (Å²) in [4.78, 5) is 16.9. The van der Waals surface area contributed by atoms with Gasteiger partial charge in [0, 0.05) is 36.9 Å². The Labute approximate surface area is 125 Å². The van der Waals surface area contributed by atoms with Crippen molar-refractivity contribution in [3.63, 3.8) is 0 Å². The zero-order valence-electron chi connectivity index (χ0n) is 12.3. The maximum absolute atomic E-state index is 12.6. The summed E-state index contributed by atoms with van der Waals surface area (Å²) in [7, 11) is 0. The molecule has 0 bridgehead atoms. The lowest BCUT2D eigenvalue weighted by Crippen LogP contribution is -2.54. The van der Waals surface area contributed by atoms with Gasteiger partial charge in [-0.1, -0.05) is 36.4 Å². The van der Waals surface area contributed by atoms with E-state index in [1.807, 2.05) is 41.3 Å². The van der Waals surface area contributed by atoms with E-state index in [1.54, 1.807) is 0 Å². The van der Waals surface area contributed by atoms with Crippen LogP contribution in [0.1, 0.15) is 17.3 Å². The van der Waals surface area contributed by atoms with E-state index in [0.29, 0.717) is 0 Å². The summed E-state index contributed by atoms with van der Waals surface area (Å²) in [5.74, 6) is 0.135. The Morgan fingerprint density at radius 2 is 1.57 bits per heavy atom. The molecule has 1 fully saturated rings.